The van der Waals surface area contributed by atoms with Gasteiger partial charge in [0.15, 0.2) is 0 Å². The van der Waals surface area contributed by atoms with Crippen LogP contribution in [0.2, 0.25) is 0 Å². The second kappa shape index (κ2) is 9.71. The molecule has 1 amide bonds. The first-order valence-electron chi connectivity index (χ1n) is 6.56. The average molecular weight is 298 g/mol. The van der Waals surface area contributed by atoms with Gasteiger partial charge in [0.2, 0.25) is 5.91 Å². The molecule has 1 atom stereocenters. The molecule has 0 aromatic rings. The van der Waals surface area contributed by atoms with Crippen molar-refractivity contribution in [3.8, 4) is 0 Å². The molecule has 0 fully saturated rings. The van der Waals surface area contributed by atoms with E-state index in [0.717, 1.165) is 6.26 Å². The maximum atomic E-state index is 11.9. The molecule has 0 rings (SSSR count). The number of carboxylic acids is 1. The summed E-state index contributed by atoms with van der Waals surface area (Å²) >= 11 is 0. The van der Waals surface area contributed by atoms with Gasteiger partial charge in [-0.1, -0.05) is 6.58 Å². The molecule has 0 aliphatic heterocycles. The normalized spacial score (nSPS) is 12.4. The van der Waals surface area contributed by atoms with Gasteiger partial charge < -0.3 is 20.9 Å². The molecule has 0 aromatic carbocycles. The topological polar surface area (TPSA) is 119 Å². The zero-order chi connectivity index (χ0) is 16.4. The lowest BCUT2D eigenvalue weighted by Crippen LogP contribution is -2.41. The van der Waals surface area contributed by atoms with Crippen LogP contribution in [0.15, 0.2) is 24.0 Å². The Morgan fingerprint density at radius 1 is 1.33 bits per heavy atom. The van der Waals surface area contributed by atoms with Gasteiger partial charge in [-0.15, -0.1) is 0 Å². The van der Waals surface area contributed by atoms with E-state index >= 15 is 0 Å². The van der Waals surface area contributed by atoms with Gasteiger partial charge in [-0.25, -0.2) is 9.59 Å². The van der Waals surface area contributed by atoms with Crippen molar-refractivity contribution in [2.45, 2.75) is 39.2 Å². The maximum absolute atomic E-state index is 11.9. The Morgan fingerprint density at radius 2 is 1.95 bits per heavy atom. The number of rotatable bonds is 9. The van der Waals surface area contributed by atoms with Gasteiger partial charge in [-0.2, -0.15) is 0 Å². The van der Waals surface area contributed by atoms with Crippen LogP contribution in [0.5, 0.6) is 0 Å². The molecule has 21 heavy (non-hydrogen) atoms. The smallest absolute Gasteiger partial charge is 0.334 e. The molecule has 7 nitrogen and oxygen atoms in total. The summed E-state index contributed by atoms with van der Waals surface area (Å²) in [7, 11) is 0. The summed E-state index contributed by atoms with van der Waals surface area (Å²) < 4.78 is 4.78. The molecule has 0 saturated heterocycles. The van der Waals surface area contributed by atoms with E-state index in [1.54, 1.807) is 0 Å². The van der Waals surface area contributed by atoms with Gasteiger partial charge in [0.25, 0.3) is 0 Å². The standard InChI is InChI=1S/C14H22N2O5/c1-9(2)12(17)16-11(6-4-5-7-15)14(20)21-8-10(3)13(18)19/h8,11H,1,4-7,15H2,2-3H3,(H,16,17)(H,18,19)/t11-/m0/s1. The Balaban J connectivity index is 4.73. The lowest BCUT2D eigenvalue weighted by atomic mass is 10.1. The largest absolute Gasteiger partial charge is 0.478 e. The highest BCUT2D eigenvalue weighted by atomic mass is 16.5. The van der Waals surface area contributed by atoms with Crippen LogP contribution in [-0.2, 0) is 19.1 Å². The van der Waals surface area contributed by atoms with Crippen molar-refractivity contribution in [1.29, 1.82) is 0 Å². The Morgan fingerprint density at radius 3 is 2.43 bits per heavy atom. The third-order valence-electron chi connectivity index (χ3n) is 2.61. The molecule has 0 aromatic heterocycles. The molecular weight excluding hydrogens is 276 g/mol. The van der Waals surface area contributed by atoms with E-state index in [1.807, 2.05) is 0 Å². The number of hydrogen-bond donors (Lipinski definition) is 3. The van der Waals surface area contributed by atoms with Crippen LogP contribution in [-0.4, -0.2) is 35.5 Å². The predicted molar refractivity (Wildman–Crippen MR) is 77.1 cm³/mol. The van der Waals surface area contributed by atoms with Gasteiger partial charge in [-0.05, 0) is 39.7 Å². The van der Waals surface area contributed by atoms with Crippen LogP contribution in [0.25, 0.3) is 0 Å². The summed E-state index contributed by atoms with van der Waals surface area (Å²) in [6, 6.07) is -0.862. The first kappa shape index (κ1) is 18.9. The summed E-state index contributed by atoms with van der Waals surface area (Å²) in [6.07, 6.45) is 2.55. The van der Waals surface area contributed by atoms with Crippen LogP contribution in [0.4, 0.5) is 0 Å². The van der Waals surface area contributed by atoms with Gasteiger partial charge in [0.05, 0.1) is 5.57 Å². The lowest BCUT2D eigenvalue weighted by Gasteiger charge is -2.16. The van der Waals surface area contributed by atoms with Crippen LogP contribution in [0.3, 0.4) is 0 Å². The molecule has 118 valence electrons. The van der Waals surface area contributed by atoms with Crippen LogP contribution in [0.1, 0.15) is 33.1 Å². The number of aliphatic carboxylic acids is 1. The highest BCUT2D eigenvalue weighted by Gasteiger charge is 2.22. The van der Waals surface area contributed by atoms with Crippen molar-refractivity contribution in [2.24, 2.45) is 5.73 Å². The van der Waals surface area contributed by atoms with Gasteiger partial charge >= 0.3 is 11.9 Å². The Labute approximate surface area is 123 Å². The fourth-order valence-electron chi connectivity index (χ4n) is 1.30. The molecule has 0 unspecified atom stereocenters. The second-order valence-electron chi connectivity index (χ2n) is 4.63. The summed E-state index contributed by atoms with van der Waals surface area (Å²) in [5, 5.41) is 11.2. The number of nitrogens with one attached hydrogen (secondary N) is 1. The molecule has 4 N–H and O–H groups in total. The number of carbonyl (C=O) groups is 3. The second-order valence-corrected chi connectivity index (χ2v) is 4.63. The van der Waals surface area contributed by atoms with Crippen LogP contribution in [0, 0.1) is 0 Å². The molecule has 0 heterocycles. The number of esters is 1. The summed E-state index contributed by atoms with van der Waals surface area (Å²) in [5.74, 6) is -2.36. The van der Waals surface area contributed by atoms with E-state index < -0.39 is 23.9 Å². The minimum absolute atomic E-state index is 0.115. The van der Waals surface area contributed by atoms with E-state index in [9.17, 15) is 14.4 Å². The molecule has 0 bridgehead atoms. The van der Waals surface area contributed by atoms with Crippen LogP contribution >= 0.6 is 0 Å². The molecule has 7 heteroatoms. The summed E-state index contributed by atoms with van der Waals surface area (Å²) in [5.41, 5.74) is 5.53. The third-order valence-corrected chi connectivity index (χ3v) is 2.61. The van der Waals surface area contributed by atoms with Crippen molar-refractivity contribution < 1.29 is 24.2 Å². The molecular formula is C14H22N2O5. The van der Waals surface area contributed by atoms with E-state index in [-0.39, 0.29) is 11.1 Å². The van der Waals surface area contributed by atoms with E-state index in [1.165, 1.54) is 13.8 Å². The molecule has 0 saturated carbocycles. The van der Waals surface area contributed by atoms with E-state index in [0.29, 0.717) is 25.8 Å². The number of carbonyl (C=O) groups excluding carboxylic acids is 2. The number of ether oxygens (including phenoxy) is 1. The zero-order valence-corrected chi connectivity index (χ0v) is 12.3. The Kier molecular flexibility index (Phi) is 8.71. The van der Waals surface area contributed by atoms with E-state index in [2.05, 4.69) is 11.9 Å². The van der Waals surface area contributed by atoms with Crippen molar-refractivity contribution in [3.05, 3.63) is 24.0 Å². The quantitative estimate of drug-likeness (QED) is 0.250. The summed E-state index contributed by atoms with van der Waals surface area (Å²) in [6.45, 7) is 6.78. The Bertz CT molecular complexity index is 443. The van der Waals surface area contributed by atoms with Gasteiger partial charge in [-0.3, -0.25) is 4.79 Å². The van der Waals surface area contributed by atoms with E-state index in [4.69, 9.17) is 15.6 Å². The molecule has 0 aliphatic rings. The number of nitrogens with two attached hydrogens (primary N) is 1. The number of unbranched alkanes of at least 4 members (excludes halogenated alkanes) is 1. The number of amides is 1. The zero-order valence-electron chi connectivity index (χ0n) is 12.3. The monoisotopic (exact) mass is 298 g/mol. The van der Waals surface area contributed by atoms with Crippen LogP contribution < -0.4 is 11.1 Å². The van der Waals surface area contributed by atoms with Crippen molar-refractivity contribution in [3.63, 3.8) is 0 Å². The van der Waals surface area contributed by atoms with Crippen molar-refractivity contribution in [1.82, 2.24) is 5.32 Å². The molecule has 0 radical (unpaired) electrons. The predicted octanol–water partition coefficient (Wildman–Crippen LogP) is 0.708. The lowest BCUT2D eigenvalue weighted by molar-refractivity contribution is -0.142. The highest BCUT2D eigenvalue weighted by Crippen LogP contribution is 2.05. The SMILES string of the molecule is C=C(C)C(=O)N[C@@H](CCCCN)C(=O)OC=C(C)C(=O)O. The molecule has 0 spiro atoms. The van der Waals surface area contributed by atoms with Crippen molar-refractivity contribution >= 4 is 17.8 Å². The number of hydrogen-bond acceptors (Lipinski definition) is 5. The highest BCUT2D eigenvalue weighted by molar-refractivity contribution is 5.95. The fourth-order valence-corrected chi connectivity index (χ4v) is 1.30. The number of carboxylic acid groups (broad SMARTS) is 1. The maximum Gasteiger partial charge on any atom is 0.334 e. The minimum atomic E-state index is -1.19. The summed E-state index contributed by atoms with van der Waals surface area (Å²) in [4.78, 5) is 34.1. The minimum Gasteiger partial charge on any atom is -0.478 e. The first-order chi connectivity index (χ1) is 9.79. The first-order valence-corrected chi connectivity index (χ1v) is 6.56. The van der Waals surface area contributed by atoms with Gasteiger partial charge in [0.1, 0.15) is 12.3 Å². The van der Waals surface area contributed by atoms with Gasteiger partial charge in [0, 0.05) is 5.57 Å². The van der Waals surface area contributed by atoms with Crippen molar-refractivity contribution in [2.75, 3.05) is 6.54 Å². The Hall–Kier alpha value is -2.15. The fraction of sp³-hybridized carbons (Fsp3) is 0.500. The third kappa shape index (κ3) is 7.88. The molecule has 0 aliphatic carbocycles. The average Bonchev–Trinajstić information content (AvgIpc) is 2.42.